The second kappa shape index (κ2) is 10.5. The highest BCUT2D eigenvalue weighted by molar-refractivity contribution is 5.90. The predicted molar refractivity (Wildman–Crippen MR) is 139 cm³/mol. The van der Waals surface area contributed by atoms with Crippen molar-refractivity contribution >= 4 is 17.3 Å². The normalized spacial score (nSPS) is 11.1. The van der Waals surface area contributed by atoms with Crippen molar-refractivity contribution in [2.75, 3.05) is 18.8 Å². The highest BCUT2D eigenvalue weighted by atomic mass is 16.7. The van der Waals surface area contributed by atoms with Crippen LogP contribution in [0.15, 0.2) is 78.9 Å². The minimum atomic E-state index is -0.425. The summed E-state index contributed by atoms with van der Waals surface area (Å²) in [4.78, 5) is 16.8. The molecule has 0 fully saturated rings. The monoisotopic (exact) mass is 481 g/mol. The number of carbonyl (C=O) groups excluding carboxylic acids is 1. The third-order valence-electron chi connectivity index (χ3n) is 5.87. The molecule has 182 valence electrons. The van der Waals surface area contributed by atoms with Crippen LogP contribution in [0.2, 0.25) is 0 Å². The first-order valence-corrected chi connectivity index (χ1v) is 11.8. The topological polar surface area (TPSA) is 93.5 Å². The van der Waals surface area contributed by atoms with Crippen LogP contribution in [0.3, 0.4) is 0 Å². The number of nitrogens with one attached hydrogen (secondary N) is 2. The number of benzene rings is 3. The lowest BCUT2D eigenvalue weighted by Gasteiger charge is -2.09. The SMILES string of the molecule is CCc1ccc(-c2ccc(C(=O)OCOCNc3ccc(-c4nc5cc(C)[nH]n5n4)cc3)cc2)cc1. The molecule has 0 atom stereocenters. The van der Waals surface area contributed by atoms with E-state index >= 15 is 0 Å². The third kappa shape index (κ3) is 5.29. The van der Waals surface area contributed by atoms with Crippen LogP contribution in [-0.2, 0) is 15.9 Å². The zero-order valence-corrected chi connectivity index (χ0v) is 20.2. The molecule has 3 aromatic carbocycles. The Kier molecular flexibility index (Phi) is 6.77. The summed E-state index contributed by atoms with van der Waals surface area (Å²) in [7, 11) is 0. The summed E-state index contributed by atoms with van der Waals surface area (Å²) < 4.78 is 12.3. The van der Waals surface area contributed by atoms with Crippen LogP contribution in [0, 0.1) is 6.92 Å². The van der Waals surface area contributed by atoms with Crippen LogP contribution in [0.4, 0.5) is 5.69 Å². The molecule has 2 N–H and O–H groups in total. The minimum Gasteiger partial charge on any atom is -0.435 e. The van der Waals surface area contributed by atoms with Gasteiger partial charge < -0.3 is 14.8 Å². The summed E-state index contributed by atoms with van der Waals surface area (Å²) >= 11 is 0. The first-order valence-electron chi connectivity index (χ1n) is 11.8. The molecular weight excluding hydrogens is 454 g/mol. The Balaban J connectivity index is 1.06. The van der Waals surface area contributed by atoms with Crippen molar-refractivity contribution < 1.29 is 14.3 Å². The van der Waals surface area contributed by atoms with Crippen LogP contribution in [0.5, 0.6) is 0 Å². The molecule has 2 aromatic heterocycles. The van der Waals surface area contributed by atoms with E-state index in [1.54, 1.807) is 16.8 Å². The summed E-state index contributed by atoms with van der Waals surface area (Å²) in [6.45, 7) is 4.15. The van der Waals surface area contributed by atoms with E-state index < -0.39 is 5.97 Å². The largest absolute Gasteiger partial charge is 0.435 e. The molecule has 0 saturated carbocycles. The number of carbonyl (C=O) groups is 1. The Bertz CT molecular complexity index is 1420. The lowest BCUT2D eigenvalue weighted by Crippen LogP contribution is -2.13. The summed E-state index contributed by atoms with van der Waals surface area (Å²) in [5, 5.41) is 10.7. The van der Waals surface area contributed by atoms with Crippen molar-refractivity contribution in [1.29, 1.82) is 0 Å². The number of hydrogen-bond donors (Lipinski definition) is 2. The molecule has 0 aliphatic rings. The van der Waals surface area contributed by atoms with E-state index in [0.717, 1.165) is 40.1 Å². The maximum Gasteiger partial charge on any atom is 0.340 e. The number of aromatic amines is 1. The van der Waals surface area contributed by atoms with Gasteiger partial charge in [-0.2, -0.15) is 4.63 Å². The Morgan fingerprint density at radius 3 is 2.28 bits per heavy atom. The van der Waals surface area contributed by atoms with Crippen LogP contribution in [0.1, 0.15) is 28.5 Å². The van der Waals surface area contributed by atoms with Gasteiger partial charge in [-0.3, -0.25) is 5.10 Å². The van der Waals surface area contributed by atoms with Gasteiger partial charge in [-0.1, -0.05) is 43.3 Å². The van der Waals surface area contributed by atoms with Gasteiger partial charge >= 0.3 is 5.97 Å². The predicted octanol–water partition coefficient (Wildman–Crippen LogP) is 5.46. The molecule has 0 spiro atoms. The van der Waals surface area contributed by atoms with Crippen LogP contribution in [0.25, 0.3) is 28.2 Å². The Hall–Kier alpha value is -4.43. The number of nitrogens with zero attached hydrogens (tertiary/aromatic N) is 3. The molecule has 0 amide bonds. The number of rotatable bonds is 9. The number of H-pyrrole nitrogens is 1. The Morgan fingerprint density at radius 2 is 1.61 bits per heavy atom. The van der Waals surface area contributed by atoms with E-state index in [-0.39, 0.29) is 13.5 Å². The van der Waals surface area contributed by atoms with Crippen molar-refractivity contribution in [3.8, 4) is 22.5 Å². The number of esters is 1. The Labute approximate surface area is 208 Å². The van der Waals surface area contributed by atoms with Gasteiger partial charge in [0.1, 0.15) is 6.73 Å². The van der Waals surface area contributed by atoms with E-state index in [9.17, 15) is 4.79 Å². The van der Waals surface area contributed by atoms with E-state index in [4.69, 9.17) is 9.47 Å². The lowest BCUT2D eigenvalue weighted by molar-refractivity contribution is -0.0259. The molecule has 0 unspecified atom stereocenters. The maximum atomic E-state index is 12.3. The Morgan fingerprint density at radius 1 is 0.944 bits per heavy atom. The fourth-order valence-corrected chi connectivity index (χ4v) is 3.84. The quantitative estimate of drug-likeness (QED) is 0.165. The first kappa shape index (κ1) is 23.3. The van der Waals surface area contributed by atoms with Gasteiger partial charge in [-0.15, -0.1) is 5.10 Å². The van der Waals surface area contributed by atoms with Crippen molar-refractivity contribution in [2.24, 2.45) is 0 Å². The highest BCUT2D eigenvalue weighted by Crippen LogP contribution is 2.21. The van der Waals surface area contributed by atoms with Gasteiger partial charge in [0.15, 0.2) is 18.3 Å². The van der Waals surface area contributed by atoms with Gasteiger partial charge in [0, 0.05) is 23.0 Å². The second-order valence-electron chi connectivity index (χ2n) is 8.42. The second-order valence-corrected chi connectivity index (χ2v) is 8.42. The van der Waals surface area contributed by atoms with Gasteiger partial charge in [0.2, 0.25) is 0 Å². The van der Waals surface area contributed by atoms with Crippen molar-refractivity contribution in [3.05, 3.63) is 95.7 Å². The molecule has 5 rings (SSSR count). The molecule has 2 heterocycles. The molecule has 8 nitrogen and oxygen atoms in total. The standard InChI is InChI=1S/C28H27N5O3/c1-3-20-4-6-21(7-5-20)22-8-10-24(11-9-22)28(34)36-18-35-17-29-25-14-12-23(13-15-25)27-30-26-16-19(2)31-33(26)32-27/h4-16,29,31H,3,17-18H2,1-2H3. The van der Waals surface area contributed by atoms with Crippen LogP contribution in [-0.4, -0.2) is 39.3 Å². The summed E-state index contributed by atoms with van der Waals surface area (Å²) in [5.74, 6) is 0.227. The van der Waals surface area contributed by atoms with Gasteiger partial charge in [0.25, 0.3) is 0 Å². The fraction of sp³-hybridized carbons (Fsp3) is 0.179. The van der Waals surface area contributed by atoms with E-state index in [1.165, 1.54) is 5.56 Å². The zero-order valence-electron chi connectivity index (χ0n) is 20.2. The van der Waals surface area contributed by atoms with Crippen molar-refractivity contribution in [2.45, 2.75) is 20.3 Å². The molecule has 0 saturated heterocycles. The molecule has 0 radical (unpaired) electrons. The van der Waals surface area contributed by atoms with Gasteiger partial charge in [-0.25, -0.2) is 9.78 Å². The molecule has 5 aromatic rings. The molecule has 8 heteroatoms. The zero-order chi connectivity index (χ0) is 24.9. The molecular formula is C28H27N5O3. The summed E-state index contributed by atoms with van der Waals surface area (Å²) in [5.41, 5.74) is 7.52. The third-order valence-corrected chi connectivity index (χ3v) is 5.87. The molecule has 36 heavy (non-hydrogen) atoms. The van der Waals surface area contributed by atoms with E-state index in [1.807, 2.05) is 49.4 Å². The van der Waals surface area contributed by atoms with Gasteiger partial charge in [0.05, 0.1) is 5.56 Å². The van der Waals surface area contributed by atoms with Crippen LogP contribution >= 0.6 is 0 Å². The average Bonchev–Trinajstić information content (AvgIpc) is 3.46. The number of aromatic nitrogens is 4. The van der Waals surface area contributed by atoms with Crippen LogP contribution < -0.4 is 5.32 Å². The number of aryl methyl sites for hydroxylation is 2. The minimum absolute atomic E-state index is 0.145. The summed E-state index contributed by atoms with van der Waals surface area (Å²) in [6, 6.07) is 25.5. The number of hydrogen-bond acceptors (Lipinski definition) is 6. The average molecular weight is 482 g/mol. The smallest absolute Gasteiger partial charge is 0.340 e. The highest BCUT2D eigenvalue weighted by Gasteiger charge is 2.09. The lowest BCUT2D eigenvalue weighted by atomic mass is 10.0. The van der Waals surface area contributed by atoms with Crippen molar-refractivity contribution in [1.82, 2.24) is 19.8 Å². The van der Waals surface area contributed by atoms with E-state index in [2.05, 4.69) is 51.7 Å². The van der Waals surface area contributed by atoms with Gasteiger partial charge in [-0.05, 0) is 66.4 Å². The number of anilines is 1. The first-order chi connectivity index (χ1) is 17.6. The maximum absolute atomic E-state index is 12.3. The summed E-state index contributed by atoms with van der Waals surface area (Å²) in [6.07, 6.45) is 1.01. The number of ether oxygens (including phenoxy) is 2. The number of fused-ring (bicyclic) bond motifs is 1. The molecule has 0 aliphatic carbocycles. The fourth-order valence-electron chi connectivity index (χ4n) is 3.84. The molecule has 0 bridgehead atoms. The molecule has 0 aliphatic heterocycles. The van der Waals surface area contributed by atoms with E-state index in [0.29, 0.717) is 11.4 Å². The van der Waals surface area contributed by atoms with Crippen molar-refractivity contribution in [3.63, 3.8) is 0 Å².